The fraction of sp³-hybridized carbons (Fsp3) is 0.625. The first kappa shape index (κ1) is 20.1. The van der Waals surface area contributed by atoms with E-state index < -0.39 is 24.7 Å². The smallest absolute Gasteiger partial charge is 0.391 e. The minimum Gasteiger partial charge on any atom is -0.474 e. The zero-order valence-corrected chi connectivity index (χ0v) is 14.3. The van der Waals surface area contributed by atoms with Crippen LogP contribution in [0.2, 0.25) is 0 Å². The molecule has 0 bridgehead atoms. The summed E-state index contributed by atoms with van der Waals surface area (Å²) in [6, 6.07) is 0.976. The summed E-state index contributed by atoms with van der Waals surface area (Å²) in [4.78, 5) is 16.6. The van der Waals surface area contributed by atoms with Crippen LogP contribution in [-0.2, 0) is 0 Å². The van der Waals surface area contributed by atoms with Crippen molar-refractivity contribution in [2.45, 2.75) is 37.9 Å². The van der Waals surface area contributed by atoms with Gasteiger partial charge in [0.15, 0.2) is 5.82 Å². The van der Waals surface area contributed by atoms with Crippen molar-refractivity contribution in [2.24, 2.45) is 5.92 Å². The molecule has 0 radical (unpaired) electrons. The van der Waals surface area contributed by atoms with E-state index in [2.05, 4.69) is 15.6 Å². The molecule has 2 rings (SSSR count). The molecular weight excluding hydrogens is 356 g/mol. The van der Waals surface area contributed by atoms with Crippen molar-refractivity contribution in [3.05, 3.63) is 11.6 Å². The van der Waals surface area contributed by atoms with Crippen molar-refractivity contribution in [1.82, 2.24) is 10.3 Å². The van der Waals surface area contributed by atoms with Crippen LogP contribution in [0.5, 0.6) is 5.88 Å². The first-order valence-electron chi connectivity index (χ1n) is 8.30. The van der Waals surface area contributed by atoms with Crippen LogP contribution in [0.1, 0.15) is 36.0 Å². The van der Waals surface area contributed by atoms with Gasteiger partial charge in [0.05, 0.1) is 11.6 Å². The van der Waals surface area contributed by atoms with Gasteiger partial charge in [-0.1, -0.05) is 0 Å². The SMILES string of the molecule is CNc1nc(OCCF)c(C(=O)NC2CCC(C(F)(F)F)CC2)cc1N. The Balaban J connectivity index is 2.08. The maximum Gasteiger partial charge on any atom is 0.391 e. The number of hydrogen-bond donors (Lipinski definition) is 3. The number of nitrogens with zero attached hydrogens (tertiary/aromatic N) is 1. The van der Waals surface area contributed by atoms with Crippen LogP contribution in [0.3, 0.4) is 0 Å². The number of aromatic nitrogens is 1. The van der Waals surface area contributed by atoms with Crippen LogP contribution in [0.15, 0.2) is 6.07 Å². The minimum absolute atomic E-state index is 0.0212. The van der Waals surface area contributed by atoms with Crippen molar-refractivity contribution >= 4 is 17.4 Å². The average molecular weight is 378 g/mol. The van der Waals surface area contributed by atoms with Gasteiger partial charge in [-0.05, 0) is 31.7 Å². The van der Waals surface area contributed by atoms with Crippen LogP contribution >= 0.6 is 0 Å². The number of nitrogens with one attached hydrogen (secondary N) is 2. The molecule has 146 valence electrons. The van der Waals surface area contributed by atoms with Crippen molar-refractivity contribution in [3.63, 3.8) is 0 Å². The lowest BCUT2D eigenvalue weighted by Crippen LogP contribution is -2.40. The monoisotopic (exact) mass is 378 g/mol. The summed E-state index contributed by atoms with van der Waals surface area (Å²) in [5, 5.41) is 5.42. The second kappa shape index (κ2) is 8.41. The molecule has 1 aromatic rings. The number of rotatable bonds is 6. The molecule has 26 heavy (non-hydrogen) atoms. The molecule has 1 fully saturated rings. The van der Waals surface area contributed by atoms with Crippen molar-refractivity contribution < 1.29 is 27.1 Å². The molecule has 0 unspecified atom stereocenters. The summed E-state index contributed by atoms with van der Waals surface area (Å²) >= 11 is 0. The van der Waals surface area contributed by atoms with E-state index in [1.807, 2.05) is 0 Å². The van der Waals surface area contributed by atoms with E-state index in [0.717, 1.165) is 0 Å². The van der Waals surface area contributed by atoms with Crippen molar-refractivity contribution in [1.29, 1.82) is 0 Å². The lowest BCUT2D eigenvalue weighted by atomic mass is 9.85. The Bertz CT molecular complexity index is 631. The molecule has 4 N–H and O–H groups in total. The number of hydrogen-bond acceptors (Lipinski definition) is 5. The molecule has 1 aliphatic carbocycles. The summed E-state index contributed by atoms with van der Waals surface area (Å²) in [5.41, 5.74) is 6.03. The highest BCUT2D eigenvalue weighted by atomic mass is 19.4. The number of pyridine rings is 1. The highest BCUT2D eigenvalue weighted by molar-refractivity contribution is 5.98. The predicted octanol–water partition coefficient (Wildman–Crippen LogP) is 2.90. The summed E-state index contributed by atoms with van der Waals surface area (Å²) in [6.45, 7) is -1.04. The van der Waals surface area contributed by atoms with E-state index in [-0.39, 0.29) is 61.3 Å². The minimum atomic E-state index is -4.20. The Labute approximate surface area is 148 Å². The fourth-order valence-corrected chi connectivity index (χ4v) is 2.95. The molecule has 0 atom stereocenters. The number of nitrogen functional groups attached to an aromatic ring is 1. The Morgan fingerprint density at radius 2 is 2.00 bits per heavy atom. The van der Waals surface area contributed by atoms with E-state index in [0.29, 0.717) is 0 Å². The van der Waals surface area contributed by atoms with E-state index in [1.165, 1.54) is 6.07 Å². The fourth-order valence-electron chi connectivity index (χ4n) is 2.95. The maximum atomic E-state index is 12.7. The highest BCUT2D eigenvalue weighted by Crippen LogP contribution is 2.37. The van der Waals surface area contributed by atoms with Gasteiger partial charge in [0.2, 0.25) is 5.88 Å². The maximum absolute atomic E-state index is 12.7. The first-order chi connectivity index (χ1) is 12.3. The molecule has 0 spiro atoms. The van der Waals surface area contributed by atoms with E-state index in [1.54, 1.807) is 7.05 Å². The van der Waals surface area contributed by atoms with E-state index in [9.17, 15) is 22.4 Å². The Hall–Kier alpha value is -2.26. The second-order valence-corrected chi connectivity index (χ2v) is 6.13. The topological polar surface area (TPSA) is 89.3 Å². The largest absolute Gasteiger partial charge is 0.474 e. The molecular formula is C16H22F4N4O2. The molecule has 0 aromatic carbocycles. The van der Waals surface area contributed by atoms with Gasteiger partial charge < -0.3 is 21.1 Å². The first-order valence-corrected chi connectivity index (χ1v) is 8.30. The summed E-state index contributed by atoms with van der Waals surface area (Å²) in [5.74, 6) is -1.69. The third-order valence-electron chi connectivity index (χ3n) is 4.34. The number of amides is 1. The zero-order valence-electron chi connectivity index (χ0n) is 14.3. The second-order valence-electron chi connectivity index (χ2n) is 6.13. The standard InChI is InChI=1S/C16H22F4N4O2/c1-22-13-12(21)8-11(15(24-13)26-7-6-17)14(25)23-10-4-2-9(3-5-10)16(18,19)20/h8-10H,2-7,21H2,1H3,(H,22,24)(H,23,25). The molecule has 1 aliphatic rings. The van der Waals surface area contributed by atoms with Gasteiger partial charge in [-0.15, -0.1) is 0 Å². The molecule has 0 aliphatic heterocycles. The number of alkyl halides is 4. The highest BCUT2D eigenvalue weighted by Gasteiger charge is 2.41. The van der Waals surface area contributed by atoms with Crippen molar-refractivity contribution in [3.8, 4) is 5.88 Å². The molecule has 0 saturated heterocycles. The molecule has 1 amide bonds. The number of carbonyl (C=O) groups excluding carboxylic acids is 1. The number of halogens is 4. The third kappa shape index (κ3) is 4.89. The quantitative estimate of drug-likeness (QED) is 0.663. The Morgan fingerprint density at radius 1 is 1.35 bits per heavy atom. The van der Waals surface area contributed by atoms with E-state index >= 15 is 0 Å². The molecule has 6 nitrogen and oxygen atoms in total. The van der Waals surface area contributed by atoms with Gasteiger partial charge in [0.25, 0.3) is 5.91 Å². The summed E-state index contributed by atoms with van der Waals surface area (Å²) in [6.07, 6.45) is -3.80. The van der Waals surface area contributed by atoms with E-state index in [4.69, 9.17) is 10.5 Å². The normalized spacial score (nSPS) is 20.5. The van der Waals surface area contributed by atoms with Gasteiger partial charge in [0.1, 0.15) is 18.8 Å². The lowest BCUT2D eigenvalue weighted by Gasteiger charge is -2.30. The number of carbonyl (C=O) groups is 1. The number of ether oxygens (including phenoxy) is 1. The zero-order chi connectivity index (χ0) is 19.3. The van der Waals surface area contributed by atoms with Gasteiger partial charge in [-0.2, -0.15) is 18.2 Å². The van der Waals surface area contributed by atoms with Crippen LogP contribution in [0, 0.1) is 5.92 Å². The van der Waals surface area contributed by atoms with Gasteiger partial charge in [-0.3, -0.25) is 4.79 Å². The van der Waals surface area contributed by atoms with Gasteiger partial charge in [-0.25, -0.2) is 4.39 Å². The third-order valence-corrected chi connectivity index (χ3v) is 4.34. The van der Waals surface area contributed by atoms with Crippen LogP contribution < -0.4 is 21.1 Å². The predicted molar refractivity (Wildman–Crippen MR) is 88.9 cm³/mol. The molecule has 10 heteroatoms. The lowest BCUT2D eigenvalue weighted by molar-refractivity contribution is -0.182. The summed E-state index contributed by atoms with van der Waals surface area (Å²) in [7, 11) is 1.58. The van der Waals surface area contributed by atoms with Crippen LogP contribution in [0.25, 0.3) is 0 Å². The van der Waals surface area contributed by atoms with Crippen molar-refractivity contribution in [2.75, 3.05) is 31.4 Å². The Kier molecular flexibility index (Phi) is 6.49. The van der Waals surface area contributed by atoms with Gasteiger partial charge in [0, 0.05) is 13.1 Å². The molecule has 1 saturated carbocycles. The van der Waals surface area contributed by atoms with Crippen LogP contribution in [-0.4, -0.2) is 43.4 Å². The number of nitrogens with two attached hydrogens (primary N) is 1. The number of anilines is 2. The summed E-state index contributed by atoms with van der Waals surface area (Å²) < 4.78 is 55.7. The molecule has 1 heterocycles. The Morgan fingerprint density at radius 3 is 2.54 bits per heavy atom. The van der Waals surface area contributed by atoms with Crippen LogP contribution in [0.4, 0.5) is 29.1 Å². The average Bonchev–Trinajstić information content (AvgIpc) is 2.60. The molecule has 1 aromatic heterocycles. The van der Waals surface area contributed by atoms with Gasteiger partial charge >= 0.3 is 6.18 Å².